The smallest absolute Gasteiger partial charge is 0.241 e. The highest BCUT2D eigenvalue weighted by Crippen LogP contribution is 2.25. The van der Waals surface area contributed by atoms with Crippen molar-refractivity contribution in [1.29, 1.82) is 0 Å². The zero-order chi connectivity index (χ0) is 20.9. The van der Waals surface area contributed by atoms with E-state index in [1.165, 1.54) is 30.3 Å². The van der Waals surface area contributed by atoms with Crippen LogP contribution in [-0.4, -0.2) is 38.3 Å². The number of hydrogen-bond acceptors (Lipinski definition) is 5. The minimum absolute atomic E-state index is 0.0622. The second kappa shape index (κ2) is 9.17. The standard InChI is InChI=1S/C20H22FN3O4S/c1-24-11-10-22-20(24)19(15-4-3-5-16(21)14-15)23-29(25,26)18-8-6-17(7-9-18)28-13-12-27-2/h3-11,14,19,23H,12-13H2,1-2H3. The van der Waals surface area contributed by atoms with Gasteiger partial charge in [0.05, 0.1) is 11.5 Å². The Labute approximate surface area is 169 Å². The second-order valence-corrected chi connectivity index (χ2v) is 8.03. The molecule has 0 saturated heterocycles. The van der Waals surface area contributed by atoms with Gasteiger partial charge in [0.15, 0.2) is 0 Å². The van der Waals surface area contributed by atoms with Crippen LogP contribution >= 0.6 is 0 Å². The zero-order valence-corrected chi connectivity index (χ0v) is 16.9. The van der Waals surface area contributed by atoms with Crippen molar-refractivity contribution in [2.75, 3.05) is 20.3 Å². The molecule has 2 aromatic carbocycles. The number of nitrogens with zero attached hydrogens (tertiary/aromatic N) is 2. The maximum absolute atomic E-state index is 13.8. The number of sulfonamides is 1. The third-order valence-electron chi connectivity index (χ3n) is 4.26. The number of aromatic nitrogens is 2. The number of aryl methyl sites for hydroxylation is 1. The summed E-state index contributed by atoms with van der Waals surface area (Å²) in [6.07, 6.45) is 3.25. The fourth-order valence-electron chi connectivity index (χ4n) is 2.79. The highest BCUT2D eigenvalue weighted by atomic mass is 32.2. The average molecular weight is 419 g/mol. The van der Waals surface area contributed by atoms with Crippen LogP contribution in [0.2, 0.25) is 0 Å². The van der Waals surface area contributed by atoms with Crippen LogP contribution in [0.25, 0.3) is 0 Å². The van der Waals surface area contributed by atoms with Gasteiger partial charge in [0.25, 0.3) is 0 Å². The SMILES string of the molecule is COCCOc1ccc(S(=O)(=O)NC(c2cccc(F)c2)c2nccn2C)cc1. The first kappa shape index (κ1) is 21.0. The van der Waals surface area contributed by atoms with E-state index >= 15 is 0 Å². The summed E-state index contributed by atoms with van der Waals surface area (Å²) in [5.41, 5.74) is 0.447. The molecule has 1 N–H and O–H groups in total. The van der Waals surface area contributed by atoms with Crippen LogP contribution in [0.1, 0.15) is 17.4 Å². The van der Waals surface area contributed by atoms with Crippen LogP contribution in [0.4, 0.5) is 4.39 Å². The van der Waals surface area contributed by atoms with E-state index in [1.54, 1.807) is 49.3 Å². The summed E-state index contributed by atoms with van der Waals surface area (Å²) < 4.78 is 54.4. The summed E-state index contributed by atoms with van der Waals surface area (Å²) in [5.74, 6) is 0.518. The maximum Gasteiger partial charge on any atom is 0.241 e. The average Bonchev–Trinajstić information content (AvgIpc) is 3.12. The molecule has 9 heteroatoms. The number of methoxy groups -OCH3 is 1. The van der Waals surface area contributed by atoms with Crippen LogP contribution < -0.4 is 9.46 Å². The fraction of sp³-hybridized carbons (Fsp3) is 0.250. The number of ether oxygens (including phenoxy) is 2. The molecule has 1 heterocycles. The highest BCUT2D eigenvalue weighted by molar-refractivity contribution is 7.89. The summed E-state index contributed by atoms with van der Waals surface area (Å²) in [4.78, 5) is 4.30. The van der Waals surface area contributed by atoms with E-state index in [2.05, 4.69) is 9.71 Å². The molecule has 0 aliphatic carbocycles. The Morgan fingerprint density at radius 3 is 2.55 bits per heavy atom. The van der Waals surface area contributed by atoms with Gasteiger partial charge < -0.3 is 14.0 Å². The Kier molecular flexibility index (Phi) is 6.63. The van der Waals surface area contributed by atoms with Gasteiger partial charge in [-0.2, -0.15) is 4.72 Å². The van der Waals surface area contributed by atoms with Gasteiger partial charge in [-0.1, -0.05) is 12.1 Å². The Balaban J connectivity index is 1.87. The van der Waals surface area contributed by atoms with Crippen molar-refractivity contribution in [2.45, 2.75) is 10.9 Å². The quantitative estimate of drug-likeness (QED) is 0.539. The maximum atomic E-state index is 13.8. The van der Waals surface area contributed by atoms with Gasteiger partial charge >= 0.3 is 0 Å². The van der Waals surface area contributed by atoms with Crippen molar-refractivity contribution in [3.8, 4) is 5.75 Å². The first-order chi connectivity index (χ1) is 13.9. The molecular formula is C20H22FN3O4S. The number of rotatable bonds is 9. The summed E-state index contributed by atoms with van der Waals surface area (Å²) in [6, 6.07) is 11.0. The molecule has 29 heavy (non-hydrogen) atoms. The van der Waals surface area contributed by atoms with Gasteiger partial charge in [-0.25, -0.2) is 17.8 Å². The molecule has 0 bridgehead atoms. The Morgan fingerprint density at radius 2 is 1.93 bits per heavy atom. The summed E-state index contributed by atoms with van der Waals surface area (Å²) in [5, 5.41) is 0. The van der Waals surface area contributed by atoms with Crippen molar-refractivity contribution in [3.63, 3.8) is 0 Å². The van der Waals surface area contributed by atoms with Gasteiger partial charge in [-0.3, -0.25) is 0 Å². The number of halogens is 1. The molecule has 0 radical (unpaired) electrons. The number of nitrogens with one attached hydrogen (secondary N) is 1. The molecular weight excluding hydrogens is 397 g/mol. The lowest BCUT2D eigenvalue weighted by molar-refractivity contribution is 0.146. The van der Waals surface area contributed by atoms with Crippen LogP contribution in [0.15, 0.2) is 65.8 Å². The van der Waals surface area contributed by atoms with Gasteiger partial charge in [-0.15, -0.1) is 0 Å². The van der Waals surface area contributed by atoms with E-state index in [-0.39, 0.29) is 4.90 Å². The predicted octanol–water partition coefficient (Wildman–Crippen LogP) is 2.65. The molecule has 0 fully saturated rings. The van der Waals surface area contributed by atoms with Gasteiger partial charge in [0.2, 0.25) is 10.0 Å². The lowest BCUT2D eigenvalue weighted by Gasteiger charge is -2.19. The number of hydrogen-bond donors (Lipinski definition) is 1. The lowest BCUT2D eigenvalue weighted by Crippen LogP contribution is -2.31. The molecule has 3 aromatic rings. The molecule has 1 aromatic heterocycles. The topological polar surface area (TPSA) is 82.4 Å². The van der Waals surface area contributed by atoms with Gasteiger partial charge in [0.1, 0.15) is 30.0 Å². The Hall–Kier alpha value is -2.75. The first-order valence-corrected chi connectivity index (χ1v) is 10.4. The fourth-order valence-corrected chi connectivity index (χ4v) is 3.97. The van der Waals surface area contributed by atoms with Crippen molar-refractivity contribution in [1.82, 2.24) is 14.3 Å². The second-order valence-electron chi connectivity index (χ2n) is 6.32. The first-order valence-electron chi connectivity index (χ1n) is 8.87. The van der Waals surface area contributed by atoms with E-state index < -0.39 is 21.9 Å². The normalized spacial score (nSPS) is 12.7. The van der Waals surface area contributed by atoms with Crippen molar-refractivity contribution >= 4 is 10.0 Å². The largest absolute Gasteiger partial charge is 0.491 e. The molecule has 3 rings (SSSR count). The minimum Gasteiger partial charge on any atom is -0.491 e. The summed E-state index contributed by atoms with van der Waals surface area (Å²) in [6.45, 7) is 0.794. The Bertz CT molecular complexity index is 1050. The number of benzene rings is 2. The van der Waals surface area contributed by atoms with E-state index in [1.807, 2.05) is 0 Å². The van der Waals surface area contributed by atoms with E-state index in [0.29, 0.717) is 30.4 Å². The van der Waals surface area contributed by atoms with Gasteiger partial charge in [0, 0.05) is 26.6 Å². The van der Waals surface area contributed by atoms with Crippen molar-refractivity contribution < 1.29 is 22.3 Å². The predicted molar refractivity (Wildman–Crippen MR) is 106 cm³/mol. The van der Waals surface area contributed by atoms with Crippen molar-refractivity contribution in [2.24, 2.45) is 7.05 Å². The van der Waals surface area contributed by atoms with E-state index in [0.717, 1.165) is 0 Å². The third-order valence-corrected chi connectivity index (χ3v) is 5.70. The molecule has 0 saturated carbocycles. The van der Waals surface area contributed by atoms with E-state index in [9.17, 15) is 12.8 Å². The molecule has 1 atom stereocenters. The summed E-state index contributed by atoms with van der Waals surface area (Å²) in [7, 11) is -0.595. The highest BCUT2D eigenvalue weighted by Gasteiger charge is 2.26. The minimum atomic E-state index is -3.91. The molecule has 0 aliphatic rings. The van der Waals surface area contributed by atoms with Gasteiger partial charge in [-0.05, 0) is 42.0 Å². The third kappa shape index (κ3) is 5.20. The molecule has 0 spiro atoms. The summed E-state index contributed by atoms with van der Waals surface area (Å²) >= 11 is 0. The molecule has 0 aliphatic heterocycles. The number of imidazole rings is 1. The van der Waals surface area contributed by atoms with E-state index in [4.69, 9.17) is 9.47 Å². The van der Waals surface area contributed by atoms with Crippen LogP contribution in [-0.2, 0) is 21.8 Å². The van der Waals surface area contributed by atoms with Crippen LogP contribution in [0.5, 0.6) is 5.75 Å². The van der Waals surface area contributed by atoms with Crippen LogP contribution in [0, 0.1) is 5.82 Å². The molecule has 154 valence electrons. The van der Waals surface area contributed by atoms with Crippen LogP contribution in [0.3, 0.4) is 0 Å². The monoisotopic (exact) mass is 419 g/mol. The Morgan fingerprint density at radius 1 is 1.17 bits per heavy atom. The van der Waals surface area contributed by atoms with Crippen molar-refractivity contribution in [3.05, 3.63) is 78.1 Å². The molecule has 1 unspecified atom stereocenters. The lowest BCUT2D eigenvalue weighted by atomic mass is 10.1. The zero-order valence-electron chi connectivity index (χ0n) is 16.1. The molecule has 0 amide bonds. The molecule has 7 nitrogen and oxygen atoms in total.